The van der Waals surface area contributed by atoms with E-state index < -0.39 is 11.3 Å². The Kier molecular flexibility index (Phi) is 3.32. The average molecular weight is 313 g/mol. The molecule has 8 heteroatoms. The van der Waals surface area contributed by atoms with E-state index in [1.165, 1.54) is 47.3 Å². The van der Waals surface area contributed by atoms with Crippen LogP contribution in [0.15, 0.2) is 47.8 Å². The van der Waals surface area contributed by atoms with Crippen LogP contribution in [0.1, 0.15) is 0 Å². The third-order valence-electron chi connectivity index (χ3n) is 2.66. The summed E-state index contributed by atoms with van der Waals surface area (Å²) in [4.78, 5) is 8.07. The number of alkyl halides is 3. The summed E-state index contributed by atoms with van der Waals surface area (Å²) in [6, 6.07) is 5.46. The second-order valence-corrected chi connectivity index (χ2v) is 5.28. The van der Waals surface area contributed by atoms with Crippen LogP contribution >= 0.6 is 11.8 Å². The van der Waals surface area contributed by atoms with E-state index in [1.807, 2.05) is 0 Å². The zero-order chi connectivity index (χ0) is 15.0. The summed E-state index contributed by atoms with van der Waals surface area (Å²) in [5, 5.41) is 0. The smallest absolute Gasteiger partial charge is 0.305 e. The number of nitrogens with zero attached hydrogens (tertiary/aromatic N) is 3. The summed E-state index contributed by atoms with van der Waals surface area (Å²) in [5.74, 6) is -0.536. The summed E-state index contributed by atoms with van der Waals surface area (Å²) >= 11 is -0.215. The molecule has 3 aromatic heterocycles. The SMILES string of the molecule is Fc1cccnc1-c1cn2cc(SC(F)(F)F)ccc2n1. The molecule has 0 aliphatic rings. The molecule has 0 radical (unpaired) electrons. The molecule has 0 aliphatic carbocycles. The predicted molar refractivity (Wildman–Crippen MR) is 70.3 cm³/mol. The molecule has 21 heavy (non-hydrogen) atoms. The van der Waals surface area contributed by atoms with Crippen LogP contribution in [0.2, 0.25) is 0 Å². The number of aromatic nitrogens is 3. The molecule has 0 amide bonds. The fourth-order valence-corrected chi connectivity index (χ4v) is 2.42. The van der Waals surface area contributed by atoms with Gasteiger partial charge in [0.1, 0.15) is 17.0 Å². The van der Waals surface area contributed by atoms with Crippen molar-refractivity contribution in [3.8, 4) is 11.4 Å². The molecular formula is C13H7F4N3S. The van der Waals surface area contributed by atoms with Crippen molar-refractivity contribution in [3.05, 3.63) is 48.7 Å². The minimum atomic E-state index is -4.36. The van der Waals surface area contributed by atoms with Crippen LogP contribution in [0.25, 0.3) is 17.0 Å². The fraction of sp³-hybridized carbons (Fsp3) is 0.0769. The van der Waals surface area contributed by atoms with Crippen molar-refractivity contribution in [2.45, 2.75) is 10.4 Å². The van der Waals surface area contributed by atoms with Gasteiger partial charge in [0.15, 0.2) is 5.82 Å². The Hall–Kier alpha value is -2.09. The maximum absolute atomic E-state index is 13.6. The number of thioether (sulfide) groups is 1. The van der Waals surface area contributed by atoms with Gasteiger partial charge in [-0.2, -0.15) is 13.2 Å². The Labute approximate surface area is 120 Å². The maximum Gasteiger partial charge on any atom is 0.446 e. The molecule has 3 nitrogen and oxygen atoms in total. The van der Waals surface area contributed by atoms with Crippen molar-refractivity contribution >= 4 is 17.4 Å². The lowest BCUT2D eigenvalue weighted by Gasteiger charge is -2.05. The third-order valence-corrected chi connectivity index (χ3v) is 3.37. The van der Waals surface area contributed by atoms with E-state index in [0.29, 0.717) is 5.65 Å². The first-order valence-electron chi connectivity index (χ1n) is 5.78. The number of hydrogen-bond donors (Lipinski definition) is 0. The van der Waals surface area contributed by atoms with Crippen molar-refractivity contribution in [1.82, 2.24) is 14.4 Å². The van der Waals surface area contributed by atoms with Crippen LogP contribution in [-0.4, -0.2) is 19.9 Å². The van der Waals surface area contributed by atoms with Gasteiger partial charge in [-0.25, -0.2) is 9.37 Å². The van der Waals surface area contributed by atoms with Crippen molar-refractivity contribution in [2.75, 3.05) is 0 Å². The molecule has 0 unspecified atom stereocenters. The molecule has 108 valence electrons. The van der Waals surface area contributed by atoms with Gasteiger partial charge in [0.2, 0.25) is 0 Å². The summed E-state index contributed by atoms with van der Waals surface area (Å²) < 4.78 is 52.1. The summed E-state index contributed by atoms with van der Waals surface area (Å²) in [5.41, 5.74) is -3.61. The van der Waals surface area contributed by atoms with Crippen molar-refractivity contribution in [2.24, 2.45) is 0 Å². The highest BCUT2D eigenvalue weighted by Crippen LogP contribution is 2.36. The lowest BCUT2D eigenvalue weighted by Crippen LogP contribution is -1.99. The standard InChI is InChI=1S/C13H7F4N3S/c14-9-2-1-5-18-12(9)10-7-20-6-8(21-13(15,16)17)3-4-11(20)19-10/h1-7H. The Morgan fingerprint density at radius 3 is 2.62 bits per heavy atom. The van der Waals surface area contributed by atoms with E-state index in [0.717, 1.165) is 0 Å². The molecule has 0 bridgehead atoms. The average Bonchev–Trinajstić information content (AvgIpc) is 2.80. The molecule has 0 fully saturated rings. The molecular weight excluding hydrogens is 306 g/mol. The van der Waals surface area contributed by atoms with Gasteiger partial charge in [-0.15, -0.1) is 0 Å². The molecule has 3 heterocycles. The lowest BCUT2D eigenvalue weighted by molar-refractivity contribution is -0.0328. The summed E-state index contributed by atoms with van der Waals surface area (Å²) in [6.45, 7) is 0. The quantitative estimate of drug-likeness (QED) is 0.526. The van der Waals surface area contributed by atoms with E-state index in [-0.39, 0.29) is 28.0 Å². The van der Waals surface area contributed by atoms with Gasteiger partial charge in [-0.3, -0.25) is 4.98 Å². The number of halogens is 4. The molecule has 0 aromatic carbocycles. The van der Waals surface area contributed by atoms with E-state index in [9.17, 15) is 17.6 Å². The highest BCUT2D eigenvalue weighted by molar-refractivity contribution is 8.00. The van der Waals surface area contributed by atoms with E-state index in [1.54, 1.807) is 0 Å². The van der Waals surface area contributed by atoms with E-state index >= 15 is 0 Å². The second-order valence-electron chi connectivity index (χ2n) is 4.14. The van der Waals surface area contributed by atoms with Gasteiger partial charge in [-0.05, 0) is 36.0 Å². The van der Waals surface area contributed by atoms with Crippen LogP contribution in [-0.2, 0) is 0 Å². The van der Waals surface area contributed by atoms with Gasteiger partial charge < -0.3 is 4.40 Å². The highest BCUT2D eigenvalue weighted by Gasteiger charge is 2.29. The van der Waals surface area contributed by atoms with Crippen LogP contribution in [0.3, 0.4) is 0 Å². The van der Waals surface area contributed by atoms with Crippen LogP contribution < -0.4 is 0 Å². The predicted octanol–water partition coefficient (Wildman–Crippen LogP) is 4.15. The second kappa shape index (κ2) is 5.03. The first-order valence-corrected chi connectivity index (χ1v) is 6.59. The first kappa shape index (κ1) is 13.9. The topological polar surface area (TPSA) is 30.2 Å². The number of pyridine rings is 2. The molecule has 3 rings (SSSR count). The van der Waals surface area contributed by atoms with Crippen molar-refractivity contribution < 1.29 is 17.6 Å². The Bertz CT molecular complexity index is 797. The van der Waals surface area contributed by atoms with E-state index in [4.69, 9.17) is 0 Å². The normalized spacial score (nSPS) is 12.0. The summed E-state index contributed by atoms with van der Waals surface area (Å²) in [7, 11) is 0. The molecule has 0 atom stereocenters. The van der Waals surface area contributed by atoms with Gasteiger partial charge >= 0.3 is 5.51 Å². The Balaban J connectivity index is 2.03. The zero-order valence-electron chi connectivity index (χ0n) is 10.3. The van der Waals surface area contributed by atoms with Crippen LogP contribution in [0, 0.1) is 5.82 Å². The molecule has 0 saturated heterocycles. The largest absolute Gasteiger partial charge is 0.446 e. The van der Waals surface area contributed by atoms with Crippen LogP contribution in [0.5, 0.6) is 0 Å². The lowest BCUT2D eigenvalue weighted by atomic mass is 10.3. The third kappa shape index (κ3) is 2.99. The Morgan fingerprint density at radius 1 is 1.10 bits per heavy atom. The fourth-order valence-electron chi connectivity index (χ4n) is 1.85. The summed E-state index contributed by atoms with van der Waals surface area (Å²) in [6.07, 6.45) is 4.17. The Morgan fingerprint density at radius 2 is 1.90 bits per heavy atom. The van der Waals surface area contributed by atoms with E-state index in [2.05, 4.69) is 9.97 Å². The number of hydrogen-bond acceptors (Lipinski definition) is 3. The van der Waals surface area contributed by atoms with Gasteiger partial charge in [0, 0.05) is 23.5 Å². The molecule has 0 aliphatic heterocycles. The highest BCUT2D eigenvalue weighted by atomic mass is 32.2. The minimum Gasteiger partial charge on any atom is -0.305 e. The van der Waals surface area contributed by atoms with Crippen LogP contribution in [0.4, 0.5) is 17.6 Å². The minimum absolute atomic E-state index is 0.0282. The first-order chi connectivity index (χ1) is 9.92. The van der Waals surface area contributed by atoms with Gasteiger partial charge in [-0.1, -0.05) is 0 Å². The number of fused-ring (bicyclic) bond motifs is 1. The zero-order valence-corrected chi connectivity index (χ0v) is 11.1. The number of rotatable bonds is 2. The monoisotopic (exact) mass is 313 g/mol. The van der Waals surface area contributed by atoms with Crippen molar-refractivity contribution in [1.29, 1.82) is 0 Å². The molecule has 0 N–H and O–H groups in total. The van der Waals surface area contributed by atoms with Gasteiger partial charge in [0.25, 0.3) is 0 Å². The van der Waals surface area contributed by atoms with Gasteiger partial charge in [0.05, 0.1) is 0 Å². The number of imidazole rings is 1. The molecule has 0 saturated carbocycles. The molecule has 3 aromatic rings. The molecule has 0 spiro atoms. The van der Waals surface area contributed by atoms with Crippen molar-refractivity contribution in [3.63, 3.8) is 0 Å². The maximum atomic E-state index is 13.6.